The number of amides is 3. The maximum Gasteiger partial charge on any atom is 0.243 e. The van der Waals surface area contributed by atoms with Crippen LogP contribution in [0.2, 0.25) is 0 Å². The van der Waals surface area contributed by atoms with Gasteiger partial charge < -0.3 is 33.2 Å². The lowest BCUT2D eigenvalue weighted by Crippen LogP contribution is -2.58. The summed E-state index contributed by atoms with van der Waals surface area (Å²) < 4.78 is 0. The first-order valence-corrected chi connectivity index (χ1v) is 14.5. The van der Waals surface area contributed by atoms with Gasteiger partial charge in [-0.1, -0.05) is 73.9 Å². The topological polar surface area (TPSA) is 213 Å². The fraction of sp³-hybridized carbons (Fsp3) is 0.452. The summed E-state index contributed by atoms with van der Waals surface area (Å²) in [6.45, 7) is 2.22. The molecule has 1 fully saturated rings. The number of hydrogen-bond acceptors (Lipinski definition) is 5. The second-order valence-electron chi connectivity index (χ2n) is 11.3. The van der Waals surface area contributed by atoms with Gasteiger partial charge in [0.05, 0.1) is 5.41 Å². The van der Waals surface area contributed by atoms with Crippen molar-refractivity contribution in [3.8, 4) is 0 Å². The molecule has 11 nitrogen and oxygen atoms in total. The molecule has 0 bridgehead atoms. The van der Waals surface area contributed by atoms with Gasteiger partial charge in [-0.25, -0.2) is 0 Å². The monoisotopic (exact) mass is 576 g/mol. The van der Waals surface area contributed by atoms with Gasteiger partial charge in [0.1, 0.15) is 17.9 Å². The maximum atomic E-state index is 14.2. The predicted molar refractivity (Wildman–Crippen MR) is 164 cm³/mol. The van der Waals surface area contributed by atoms with Crippen LogP contribution in [0.3, 0.4) is 0 Å². The molecule has 0 spiro atoms. The molecule has 0 aliphatic heterocycles. The first-order valence-electron chi connectivity index (χ1n) is 14.5. The van der Waals surface area contributed by atoms with Crippen molar-refractivity contribution >= 4 is 29.5 Å². The van der Waals surface area contributed by atoms with E-state index in [9.17, 15) is 14.4 Å². The molecule has 42 heavy (non-hydrogen) atoms. The molecule has 0 aromatic heterocycles. The van der Waals surface area contributed by atoms with Crippen molar-refractivity contribution < 1.29 is 14.4 Å². The highest BCUT2D eigenvalue weighted by Gasteiger charge is 2.40. The number of primary amides is 1. The van der Waals surface area contributed by atoms with Crippen LogP contribution in [0.25, 0.3) is 0 Å². The summed E-state index contributed by atoms with van der Waals surface area (Å²) in [5.41, 5.74) is 17.8. The van der Waals surface area contributed by atoms with Crippen LogP contribution < -0.4 is 33.2 Å². The van der Waals surface area contributed by atoms with Crippen LogP contribution in [-0.4, -0.2) is 48.1 Å². The van der Waals surface area contributed by atoms with Gasteiger partial charge in [-0.2, -0.15) is 0 Å². The lowest BCUT2D eigenvalue weighted by Gasteiger charge is -2.35. The largest absolute Gasteiger partial charge is 0.384 e. The van der Waals surface area contributed by atoms with Gasteiger partial charge in [0.25, 0.3) is 0 Å². The van der Waals surface area contributed by atoms with E-state index in [1.54, 1.807) is 12.1 Å². The fourth-order valence-corrected chi connectivity index (χ4v) is 5.57. The van der Waals surface area contributed by atoms with Crippen molar-refractivity contribution in [1.82, 2.24) is 16.0 Å². The number of nitrogens with one attached hydrogen (secondary N) is 5. The van der Waals surface area contributed by atoms with Gasteiger partial charge in [0.15, 0.2) is 5.96 Å². The van der Waals surface area contributed by atoms with E-state index in [4.69, 9.17) is 28.0 Å². The van der Waals surface area contributed by atoms with Crippen molar-refractivity contribution in [3.63, 3.8) is 0 Å². The summed E-state index contributed by atoms with van der Waals surface area (Å²) in [7, 11) is 0. The summed E-state index contributed by atoms with van der Waals surface area (Å²) >= 11 is 0. The van der Waals surface area contributed by atoms with Crippen LogP contribution in [0.5, 0.6) is 0 Å². The molecule has 3 amide bonds. The summed E-state index contributed by atoms with van der Waals surface area (Å²) in [5, 5.41) is 23.5. The van der Waals surface area contributed by atoms with Gasteiger partial charge >= 0.3 is 0 Å². The second kappa shape index (κ2) is 15.0. The lowest BCUT2D eigenvalue weighted by molar-refractivity contribution is -0.135. The molecule has 226 valence electrons. The average Bonchev–Trinajstić information content (AvgIpc) is 2.98. The molecule has 11 heteroatoms. The van der Waals surface area contributed by atoms with Crippen LogP contribution in [0.1, 0.15) is 68.6 Å². The van der Waals surface area contributed by atoms with E-state index in [1.807, 2.05) is 49.4 Å². The standard InChI is InChI=1S/C31H44N8O3/c1-31(23-11-6-3-7-12-23,19-20-14-16-22(17-15-20)26(32)33)29(42)39-25(21-9-4-2-5-10-21)28(41)38-24(27(34)40)13-8-18-37-30(35)36/h3,6-7,11-12,14-17,21,24-25H,2,4-5,8-10,13,18-19H2,1H3,(H3,32,33)(H2,34,40)(H,38,41)(H,39,42)(H4,35,36,37)/t24-,25-,31+/m0/s1. The van der Waals surface area contributed by atoms with Crippen LogP contribution >= 0.6 is 0 Å². The minimum Gasteiger partial charge on any atom is -0.384 e. The number of amidine groups is 1. The molecule has 0 radical (unpaired) electrons. The molecule has 0 saturated heterocycles. The van der Waals surface area contributed by atoms with Gasteiger partial charge in [0.2, 0.25) is 17.7 Å². The van der Waals surface area contributed by atoms with Gasteiger partial charge in [-0.15, -0.1) is 0 Å². The van der Waals surface area contributed by atoms with Gasteiger partial charge in [0, 0.05) is 12.1 Å². The van der Waals surface area contributed by atoms with E-state index in [2.05, 4.69) is 16.0 Å². The van der Waals surface area contributed by atoms with Crippen LogP contribution in [0.4, 0.5) is 0 Å². The van der Waals surface area contributed by atoms with Crippen molar-refractivity contribution in [3.05, 3.63) is 71.3 Å². The molecule has 3 atom stereocenters. The van der Waals surface area contributed by atoms with Crippen LogP contribution in [0.15, 0.2) is 54.6 Å². The van der Waals surface area contributed by atoms with E-state index >= 15 is 0 Å². The third-order valence-electron chi connectivity index (χ3n) is 8.07. The quantitative estimate of drug-likeness (QED) is 0.0952. The van der Waals surface area contributed by atoms with Crippen LogP contribution in [0, 0.1) is 16.7 Å². The number of nitrogens with two attached hydrogens (primary N) is 3. The summed E-state index contributed by atoms with van der Waals surface area (Å²) in [6.07, 6.45) is 5.65. The Hall–Kier alpha value is -4.41. The Morgan fingerprint density at radius 2 is 1.57 bits per heavy atom. The lowest BCUT2D eigenvalue weighted by atomic mass is 9.75. The molecular formula is C31H44N8O3. The normalized spacial score (nSPS) is 16.3. The van der Waals surface area contributed by atoms with Crippen LogP contribution in [-0.2, 0) is 26.2 Å². The summed E-state index contributed by atoms with van der Waals surface area (Å²) in [5.74, 6) is -1.67. The second-order valence-corrected chi connectivity index (χ2v) is 11.3. The minimum atomic E-state index is -1.02. The number of benzene rings is 2. The Labute approximate surface area is 247 Å². The Kier molecular flexibility index (Phi) is 11.5. The first kappa shape index (κ1) is 32.1. The highest BCUT2D eigenvalue weighted by molar-refractivity contribution is 5.96. The van der Waals surface area contributed by atoms with E-state index in [0.717, 1.165) is 43.2 Å². The molecule has 11 N–H and O–H groups in total. The molecule has 0 unspecified atom stereocenters. The summed E-state index contributed by atoms with van der Waals surface area (Å²) in [6, 6.07) is 14.9. The number of carbonyl (C=O) groups excluding carboxylic acids is 3. The van der Waals surface area contributed by atoms with E-state index in [0.29, 0.717) is 24.9 Å². The third kappa shape index (κ3) is 8.79. The van der Waals surface area contributed by atoms with Gasteiger partial charge in [-0.05, 0) is 56.1 Å². The molecule has 1 aliphatic carbocycles. The Bertz CT molecular complexity index is 1240. The first-order chi connectivity index (χ1) is 20.0. The number of rotatable bonds is 14. The average molecular weight is 577 g/mol. The zero-order valence-electron chi connectivity index (χ0n) is 24.2. The molecular weight excluding hydrogens is 532 g/mol. The number of carbonyl (C=O) groups is 3. The molecule has 3 rings (SSSR count). The highest BCUT2D eigenvalue weighted by Crippen LogP contribution is 2.31. The summed E-state index contributed by atoms with van der Waals surface area (Å²) in [4.78, 5) is 40.2. The van der Waals surface area contributed by atoms with Gasteiger partial charge in [-0.3, -0.25) is 25.2 Å². The van der Waals surface area contributed by atoms with Crippen molar-refractivity contribution in [1.29, 1.82) is 10.8 Å². The molecule has 1 aliphatic rings. The number of guanidine groups is 1. The smallest absolute Gasteiger partial charge is 0.243 e. The SMILES string of the molecule is C[C@](Cc1ccc(C(=N)N)cc1)(C(=O)N[C@H](C(=O)N[C@@H](CCCNC(=N)N)C(N)=O)C1CCCCC1)c1ccccc1. The maximum absolute atomic E-state index is 14.2. The van der Waals surface area contributed by atoms with Crippen molar-refractivity contribution in [2.24, 2.45) is 23.1 Å². The van der Waals surface area contributed by atoms with Crippen molar-refractivity contribution in [2.45, 2.75) is 75.8 Å². The predicted octanol–water partition coefficient (Wildman–Crippen LogP) is 1.77. The third-order valence-corrected chi connectivity index (χ3v) is 8.07. The minimum absolute atomic E-state index is 0.0316. The van der Waals surface area contributed by atoms with Crippen molar-refractivity contribution in [2.75, 3.05) is 6.54 Å². The zero-order valence-corrected chi connectivity index (χ0v) is 24.2. The zero-order chi connectivity index (χ0) is 30.7. The molecule has 1 saturated carbocycles. The Morgan fingerprint density at radius 3 is 2.14 bits per heavy atom. The Balaban J connectivity index is 1.86. The van der Waals surface area contributed by atoms with E-state index in [1.165, 1.54) is 0 Å². The molecule has 0 heterocycles. The fourth-order valence-electron chi connectivity index (χ4n) is 5.57. The van der Waals surface area contributed by atoms with E-state index < -0.39 is 29.3 Å². The number of hydrogen-bond donors (Lipinski definition) is 8. The number of nitrogen functional groups attached to an aromatic ring is 1. The Morgan fingerprint density at radius 1 is 0.929 bits per heavy atom. The molecule has 2 aromatic rings. The van der Waals surface area contributed by atoms with E-state index in [-0.39, 0.29) is 30.0 Å². The highest BCUT2D eigenvalue weighted by atomic mass is 16.2. The molecule has 2 aromatic carbocycles.